The van der Waals surface area contributed by atoms with E-state index < -0.39 is 17.4 Å². The van der Waals surface area contributed by atoms with E-state index in [2.05, 4.69) is 10.2 Å². The number of aliphatic carboxylic acids is 1. The first-order chi connectivity index (χ1) is 9.34. The highest BCUT2D eigenvalue weighted by atomic mass is 16.5. The van der Waals surface area contributed by atoms with Crippen molar-refractivity contribution >= 4 is 12.0 Å². The van der Waals surface area contributed by atoms with Crippen LogP contribution >= 0.6 is 0 Å². The lowest BCUT2D eigenvalue weighted by Crippen LogP contribution is -2.59. The van der Waals surface area contributed by atoms with Gasteiger partial charge >= 0.3 is 12.0 Å². The summed E-state index contributed by atoms with van der Waals surface area (Å²) in [6, 6.07) is -0.569. The summed E-state index contributed by atoms with van der Waals surface area (Å²) in [6.45, 7) is 6.29. The van der Waals surface area contributed by atoms with E-state index in [-0.39, 0.29) is 25.3 Å². The van der Waals surface area contributed by atoms with Gasteiger partial charge in [0.2, 0.25) is 0 Å². The number of piperazine rings is 1. The summed E-state index contributed by atoms with van der Waals surface area (Å²) in [5.74, 6) is -0.938. The first-order valence-electron chi connectivity index (χ1n) is 6.91. The Morgan fingerprint density at radius 1 is 1.40 bits per heavy atom. The Hall–Kier alpha value is -1.34. The van der Waals surface area contributed by atoms with Crippen LogP contribution < -0.4 is 5.32 Å². The van der Waals surface area contributed by atoms with Crippen molar-refractivity contribution in [2.75, 3.05) is 39.9 Å². The Labute approximate surface area is 118 Å². The number of likely N-dealkylation sites (N-methyl/N-ethyl adjacent to an activating group) is 1. The summed E-state index contributed by atoms with van der Waals surface area (Å²) >= 11 is 0. The average Bonchev–Trinajstić information content (AvgIpc) is 2.72. The summed E-state index contributed by atoms with van der Waals surface area (Å²) in [6.07, 6.45) is 0. The normalized spacial score (nSPS) is 35.0. The van der Waals surface area contributed by atoms with Gasteiger partial charge in [-0.3, -0.25) is 4.79 Å². The maximum Gasteiger partial charge on any atom is 0.318 e. The van der Waals surface area contributed by atoms with Gasteiger partial charge in [0, 0.05) is 25.7 Å². The second-order valence-electron chi connectivity index (χ2n) is 6.04. The molecular formula is C13H23N3O4. The van der Waals surface area contributed by atoms with Crippen LogP contribution in [0.4, 0.5) is 4.79 Å². The van der Waals surface area contributed by atoms with Crippen molar-refractivity contribution in [2.45, 2.75) is 25.9 Å². The van der Waals surface area contributed by atoms with Crippen molar-refractivity contribution in [1.29, 1.82) is 0 Å². The molecule has 2 saturated heterocycles. The van der Waals surface area contributed by atoms with E-state index in [0.29, 0.717) is 6.54 Å². The zero-order valence-corrected chi connectivity index (χ0v) is 12.3. The van der Waals surface area contributed by atoms with E-state index in [0.717, 1.165) is 13.1 Å². The van der Waals surface area contributed by atoms with E-state index in [4.69, 9.17) is 4.74 Å². The molecule has 2 amide bonds. The van der Waals surface area contributed by atoms with Crippen LogP contribution in [-0.4, -0.2) is 78.9 Å². The number of hydrogen-bond acceptors (Lipinski definition) is 4. The Morgan fingerprint density at radius 2 is 2.10 bits per heavy atom. The van der Waals surface area contributed by atoms with Gasteiger partial charge < -0.3 is 25.0 Å². The predicted octanol–water partition coefficient (Wildman–Crippen LogP) is -0.178. The molecule has 2 rings (SSSR count). The second-order valence-corrected chi connectivity index (χ2v) is 6.04. The molecule has 2 fully saturated rings. The van der Waals surface area contributed by atoms with E-state index >= 15 is 0 Å². The number of carbonyl (C=O) groups is 2. The number of nitrogens with zero attached hydrogens (tertiary/aromatic N) is 2. The van der Waals surface area contributed by atoms with Crippen LogP contribution in [0.1, 0.15) is 13.8 Å². The number of carboxylic acid groups (broad SMARTS) is 1. The predicted molar refractivity (Wildman–Crippen MR) is 72.5 cm³/mol. The van der Waals surface area contributed by atoms with Gasteiger partial charge in [0.1, 0.15) is 5.41 Å². The lowest BCUT2D eigenvalue weighted by atomic mass is 9.85. The molecule has 0 aromatic carbocycles. The third kappa shape index (κ3) is 2.73. The largest absolute Gasteiger partial charge is 0.481 e. The van der Waals surface area contributed by atoms with Gasteiger partial charge in [-0.15, -0.1) is 0 Å². The smallest absolute Gasteiger partial charge is 0.318 e. The average molecular weight is 285 g/mol. The third-order valence-corrected chi connectivity index (χ3v) is 4.33. The van der Waals surface area contributed by atoms with Gasteiger partial charge in [-0.2, -0.15) is 0 Å². The molecular weight excluding hydrogens is 262 g/mol. The number of carbonyl (C=O) groups excluding carboxylic acids is 1. The van der Waals surface area contributed by atoms with Crippen LogP contribution in [0.2, 0.25) is 0 Å². The monoisotopic (exact) mass is 285 g/mol. The molecule has 3 atom stereocenters. The summed E-state index contributed by atoms with van der Waals surface area (Å²) < 4.78 is 5.24. The molecule has 0 bridgehead atoms. The third-order valence-electron chi connectivity index (χ3n) is 4.33. The van der Waals surface area contributed by atoms with Gasteiger partial charge in [0.15, 0.2) is 0 Å². The highest BCUT2D eigenvalue weighted by Gasteiger charge is 2.48. The maximum atomic E-state index is 12.3. The fourth-order valence-electron chi connectivity index (χ4n) is 2.76. The molecule has 2 aliphatic rings. The van der Waals surface area contributed by atoms with Gasteiger partial charge in [-0.25, -0.2) is 4.79 Å². The van der Waals surface area contributed by atoms with Crippen LogP contribution in [-0.2, 0) is 9.53 Å². The van der Waals surface area contributed by atoms with E-state index in [1.165, 1.54) is 0 Å². The van der Waals surface area contributed by atoms with Crippen molar-refractivity contribution in [2.24, 2.45) is 5.41 Å². The zero-order valence-electron chi connectivity index (χ0n) is 12.3. The number of amides is 2. The quantitative estimate of drug-likeness (QED) is 0.735. The van der Waals surface area contributed by atoms with E-state index in [1.54, 1.807) is 11.8 Å². The highest BCUT2D eigenvalue weighted by molar-refractivity contribution is 5.79. The number of nitrogens with one attached hydrogen (secondary N) is 1. The highest BCUT2D eigenvalue weighted by Crippen LogP contribution is 2.29. The van der Waals surface area contributed by atoms with Crippen LogP contribution in [0, 0.1) is 5.41 Å². The van der Waals surface area contributed by atoms with Crippen LogP contribution in [0.25, 0.3) is 0 Å². The minimum absolute atomic E-state index is 0.118. The molecule has 0 aromatic rings. The summed E-state index contributed by atoms with van der Waals surface area (Å²) in [5.41, 5.74) is -1.05. The molecule has 0 spiro atoms. The number of ether oxygens (including phenoxy) is 1. The number of hydrogen-bond donors (Lipinski definition) is 2. The first kappa shape index (κ1) is 15.1. The van der Waals surface area contributed by atoms with Gasteiger partial charge in [0.25, 0.3) is 0 Å². The molecule has 0 saturated carbocycles. The zero-order chi connectivity index (χ0) is 14.9. The number of rotatable bonds is 2. The molecule has 0 aliphatic carbocycles. The van der Waals surface area contributed by atoms with E-state index in [9.17, 15) is 14.7 Å². The molecule has 7 nitrogen and oxygen atoms in total. The Kier molecular flexibility index (Phi) is 4.19. The fraction of sp³-hybridized carbons (Fsp3) is 0.846. The second kappa shape index (κ2) is 5.57. The Bertz CT molecular complexity index is 403. The van der Waals surface area contributed by atoms with Crippen LogP contribution in [0.3, 0.4) is 0 Å². The standard InChI is InChI=1S/C13H23N3O4/c1-9-6-15(3)4-5-16(9)12(19)14-10-7-20-8-13(10,2)11(17)18/h9-10H,4-8H2,1-3H3,(H,14,19)(H,17,18). The number of carboxylic acids is 1. The van der Waals surface area contributed by atoms with Gasteiger partial charge in [0.05, 0.1) is 19.3 Å². The van der Waals surface area contributed by atoms with E-state index in [1.807, 2.05) is 14.0 Å². The minimum atomic E-state index is -1.05. The van der Waals surface area contributed by atoms with Crippen LogP contribution in [0.5, 0.6) is 0 Å². The van der Waals surface area contributed by atoms with Crippen molar-refractivity contribution < 1.29 is 19.4 Å². The van der Waals surface area contributed by atoms with Crippen molar-refractivity contribution in [3.63, 3.8) is 0 Å². The summed E-state index contributed by atoms with van der Waals surface area (Å²) in [4.78, 5) is 27.6. The first-order valence-corrected chi connectivity index (χ1v) is 6.91. The summed E-state index contributed by atoms with van der Waals surface area (Å²) in [7, 11) is 2.03. The number of urea groups is 1. The Morgan fingerprint density at radius 3 is 2.70 bits per heavy atom. The lowest BCUT2D eigenvalue weighted by Gasteiger charge is -2.39. The lowest BCUT2D eigenvalue weighted by molar-refractivity contribution is -0.148. The fourth-order valence-corrected chi connectivity index (χ4v) is 2.76. The van der Waals surface area contributed by atoms with Gasteiger partial charge in [-0.05, 0) is 20.9 Å². The molecule has 2 N–H and O–H groups in total. The molecule has 3 unspecified atom stereocenters. The maximum absolute atomic E-state index is 12.3. The molecule has 20 heavy (non-hydrogen) atoms. The van der Waals surface area contributed by atoms with Crippen molar-refractivity contribution in [1.82, 2.24) is 15.1 Å². The SMILES string of the molecule is CC1CN(C)CCN1C(=O)NC1COCC1(C)C(=O)O. The topological polar surface area (TPSA) is 82.1 Å². The minimum Gasteiger partial charge on any atom is -0.481 e. The molecule has 0 radical (unpaired) electrons. The molecule has 2 heterocycles. The van der Waals surface area contributed by atoms with Crippen molar-refractivity contribution in [3.05, 3.63) is 0 Å². The summed E-state index contributed by atoms with van der Waals surface area (Å²) in [5, 5.41) is 12.1. The molecule has 7 heteroatoms. The molecule has 2 aliphatic heterocycles. The molecule has 0 aromatic heterocycles. The van der Waals surface area contributed by atoms with Crippen molar-refractivity contribution in [3.8, 4) is 0 Å². The van der Waals surface area contributed by atoms with Gasteiger partial charge in [-0.1, -0.05) is 0 Å². The van der Waals surface area contributed by atoms with Crippen LogP contribution in [0.15, 0.2) is 0 Å². The molecule has 114 valence electrons. The Balaban J connectivity index is 1.99.